The molecule has 0 aliphatic heterocycles. The van der Waals surface area contributed by atoms with Crippen LogP contribution >= 0.6 is 0 Å². The van der Waals surface area contributed by atoms with Crippen molar-refractivity contribution in [3.8, 4) is 6.07 Å². The van der Waals surface area contributed by atoms with Crippen LogP contribution in [-0.2, 0) is 0 Å². The van der Waals surface area contributed by atoms with Crippen molar-refractivity contribution in [1.29, 1.82) is 5.26 Å². The molecule has 2 N–H and O–H groups in total. The zero-order valence-corrected chi connectivity index (χ0v) is 6.85. The lowest BCUT2D eigenvalue weighted by atomic mass is 9.98. The second kappa shape index (κ2) is 4.29. The maximum absolute atomic E-state index is 8.21. The highest BCUT2D eigenvalue weighted by atomic mass is 14.7. The van der Waals surface area contributed by atoms with Crippen molar-refractivity contribution in [2.75, 3.05) is 0 Å². The molecule has 2 nitrogen and oxygen atoms in total. The van der Waals surface area contributed by atoms with Gasteiger partial charge in [0.1, 0.15) is 0 Å². The first kappa shape index (κ1) is 9.45. The SMILES string of the molecule is CC(C)(N)CCCCC#N. The minimum absolute atomic E-state index is 0.0601. The molecule has 2 heteroatoms. The molecule has 0 saturated heterocycles. The van der Waals surface area contributed by atoms with Crippen LogP contribution in [0.4, 0.5) is 0 Å². The Hall–Kier alpha value is -0.550. The summed E-state index contributed by atoms with van der Waals surface area (Å²) >= 11 is 0. The van der Waals surface area contributed by atoms with Crippen LogP contribution in [0.3, 0.4) is 0 Å². The molecular formula is C8H16N2. The maximum Gasteiger partial charge on any atom is 0.0621 e. The second-order valence-electron chi connectivity index (χ2n) is 3.35. The molecule has 0 aromatic rings. The Kier molecular flexibility index (Phi) is 4.06. The molecule has 0 saturated carbocycles. The van der Waals surface area contributed by atoms with Crippen LogP contribution in [-0.4, -0.2) is 5.54 Å². The lowest BCUT2D eigenvalue weighted by molar-refractivity contribution is 0.452. The van der Waals surface area contributed by atoms with E-state index in [0.717, 1.165) is 19.3 Å². The predicted octanol–water partition coefficient (Wildman–Crippen LogP) is 1.81. The fourth-order valence-electron chi connectivity index (χ4n) is 0.785. The number of nitrogens with zero attached hydrogens (tertiary/aromatic N) is 1. The highest BCUT2D eigenvalue weighted by molar-refractivity contribution is 4.73. The quantitative estimate of drug-likeness (QED) is 0.605. The van der Waals surface area contributed by atoms with Crippen molar-refractivity contribution in [2.24, 2.45) is 5.73 Å². The molecule has 0 amide bonds. The molecule has 0 aromatic carbocycles. The summed E-state index contributed by atoms with van der Waals surface area (Å²) in [6, 6.07) is 2.11. The number of nitriles is 1. The predicted molar refractivity (Wildman–Crippen MR) is 42.3 cm³/mol. The van der Waals surface area contributed by atoms with Crippen molar-refractivity contribution in [2.45, 2.75) is 45.1 Å². The van der Waals surface area contributed by atoms with Crippen molar-refractivity contribution in [1.82, 2.24) is 0 Å². The summed E-state index contributed by atoms with van der Waals surface area (Å²) < 4.78 is 0. The van der Waals surface area contributed by atoms with Gasteiger partial charge >= 0.3 is 0 Å². The van der Waals surface area contributed by atoms with Gasteiger partial charge in [-0.3, -0.25) is 0 Å². The standard InChI is InChI=1S/C8H16N2/c1-8(2,10)6-4-3-5-7-9/h3-6,10H2,1-2H3. The average Bonchev–Trinajstić information content (AvgIpc) is 1.78. The van der Waals surface area contributed by atoms with Gasteiger partial charge in [0.15, 0.2) is 0 Å². The minimum Gasteiger partial charge on any atom is -0.326 e. The molecule has 0 heterocycles. The summed E-state index contributed by atoms with van der Waals surface area (Å²) in [7, 11) is 0. The Morgan fingerprint density at radius 2 is 2.00 bits per heavy atom. The van der Waals surface area contributed by atoms with Crippen LogP contribution in [0, 0.1) is 11.3 Å². The third-order valence-electron chi connectivity index (χ3n) is 1.36. The van der Waals surface area contributed by atoms with Crippen LogP contribution in [0.1, 0.15) is 39.5 Å². The molecule has 0 atom stereocenters. The Bertz CT molecular complexity index is 116. The average molecular weight is 140 g/mol. The number of hydrogen-bond acceptors (Lipinski definition) is 2. The molecule has 0 radical (unpaired) electrons. The van der Waals surface area contributed by atoms with E-state index < -0.39 is 0 Å². The van der Waals surface area contributed by atoms with Gasteiger partial charge in [0.05, 0.1) is 6.07 Å². The summed E-state index contributed by atoms with van der Waals surface area (Å²) in [5.74, 6) is 0. The van der Waals surface area contributed by atoms with E-state index in [0.29, 0.717) is 6.42 Å². The van der Waals surface area contributed by atoms with E-state index >= 15 is 0 Å². The number of hydrogen-bond donors (Lipinski definition) is 1. The molecule has 0 aromatic heterocycles. The van der Waals surface area contributed by atoms with Crippen LogP contribution in [0.15, 0.2) is 0 Å². The Labute approximate surface area is 63.0 Å². The number of unbranched alkanes of at least 4 members (excludes halogenated alkanes) is 2. The van der Waals surface area contributed by atoms with Crippen LogP contribution in [0.25, 0.3) is 0 Å². The number of nitrogens with two attached hydrogens (primary N) is 1. The van der Waals surface area contributed by atoms with Crippen LogP contribution in [0.5, 0.6) is 0 Å². The Balaban J connectivity index is 3.14. The second-order valence-corrected chi connectivity index (χ2v) is 3.35. The van der Waals surface area contributed by atoms with Gasteiger partial charge in [0, 0.05) is 12.0 Å². The van der Waals surface area contributed by atoms with E-state index in [1.165, 1.54) is 0 Å². The largest absolute Gasteiger partial charge is 0.326 e. The van der Waals surface area contributed by atoms with Gasteiger partial charge in [-0.25, -0.2) is 0 Å². The molecule has 0 unspecified atom stereocenters. The zero-order chi connectivity index (χ0) is 8.04. The van der Waals surface area contributed by atoms with Crippen molar-refractivity contribution in [3.05, 3.63) is 0 Å². The van der Waals surface area contributed by atoms with E-state index in [2.05, 4.69) is 6.07 Å². The smallest absolute Gasteiger partial charge is 0.0621 e. The van der Waals surface area contributed by atoms with E-state index in [4.69, 9.17) is 11.0 Å². The third-order valence-corrected chi connectivity index (χ3v) is 1.36. The monoisotopic (exact) mass is 140 g/mol. The van der Waals surface area contributed by atoms with Crippen molar-refractivity contribution >= 4 is 0 Å². The maximum atomic E-state index is 8.21. The summed E-state index contributed by atoms with van der Waals surface area (Å²) in [6.07, 6.45) is 3.72. The first-order valence-electron chi connectivity index (χ1n) is 3.72. The van der Waals surface area contributed by atoms with E-state index in [9.17, 15) is 0 Å². The number of rotatable bonds is 4. The normalized spacial score (nSPS) is 11.0. The fourth-order valence-corrected chi connectivity index (χ4v) is 0.785. The minimum atomic E-state index is -0.0601. The Morgan fingerprint density at radius 1 is 1.40 bits per heavy atom. The first-order valence-corrected chi connectivity index (χ1v) is 3.72. The molecule has 0 spiro atoms. The lowest BCUT2D eigenvalue weighted by Gasteiger charge is -2.17. The molecular weight excluding hydrogens is 124 g/mol. The van der Waals surface area contributed by atoms with Crippen LogP contribution in [0.2, 0.25) is 0 Å². The summed E-state index contributed by atoms with van der Waals surface area (Å²) in [5.41, 5.74) is 5.67. The molecule has 58 valence electrons. The van der Waals surface area contributed by atoms with Gasteiger partial charge in [-0.2, -0.15) is 5.26 Å². The molecule has 0 aliphatic rings. The van der Waals surface area contributed by atoms with Gasteiger partial charge in [0.25, 0.3) is 0 Å². The topological polar surface area (TPSA) is 49.8 Å². The third kappa shape index (κ3) is 7.45. The summed E-state index contributed by atoms with van der Waals surface area (Å²) in [6.45, 7) is 4.03. The van der Waals surface area contributed by atoms with Gasteiger partial charge in [-0.15, -0.1) is 0 Å². The molecule has 0 aliphatic carbocycles. The highest BCUT2D eigenvalue weighted by Crippen LogP contribution is 2.09. The van der Waals surface area contributed by atoms with Crippen LogP contribution < -0.4 is 5.73 Å². The van der Waals surface area contributed by atoms with Gasteiger partial charge in [0.2, 0.25) is 0 Å². The Morgan fingerprint density at radius 3 is 2.40 bits per heavy atom. The first-order chi connectivity index (χ1) is 4.56. The van der Waals surface area contributed by atoms with Gasteiger partial charge < -0.3 is 5.73 Å². The van der Waals surface area contributed by atoms with E-state index in [1.54, 1.807) is 0 Å². The molecule has 0 fully saturated rings. The summed E-state index contributed by atoms with van der Waals surface area (Å²) in [5, 5.41) is 8.21. The van der Waals surface area contributed by atoms with Crippen molar-refractivity contribution in [3.63, 3.8) is 0 Å². The van der Waals surface area contributed by atoms with Gasteiger partial charge in [-0.05, 0) is 26.7 Å². The van der Waals surface area contributed by atoms with E-state index in [-0.39, 0.29) is 5.54 Å². The van der Waals surface area contributed by atoms with E-state index in [1.807, 2.05) is 13.8 Å². The lowest BCUT2D eigenvalue weighted by Crippen LogP contribution is -2.31. The zero-order valence-electron chi connectivity index (χ0n) is 6.85. The fraction of sp³-hybridized carbons (Fsp3) is 0.875. The molecule has 0 bridgehead atoms. The summed E-state index contributed by atoms with van der Waals surface area (Å²) in [4.78, 5) is 0. The van der Waals surface area contributed by atoms with Crippen molar-refractivity contribution < 1.29 is 0 Å². The molecule has 10 heavy (non-hydrogen) atoms. The highest BCUT2D eigenvalue weighted by Gasteiger charge is 2.08. The van der Waals surface area contributed by atoms with Gasteiger partial charge in [-0.1, -0.05) is 6.42 Å². The molecule has 0 rings (SSSR count).